The molecule has 0 N–H and O–H groups in total. The Balaban J connectivity index is 1.29. The molecular formula is C52H40N6. The van der Waals surface area contributed by atoms with E-state index in [0.717, 1.165) is 61.3 Å². The van der Waals surface area contributed by atoms with Crippen LogP contribution in [0.2, 0.25) is 0 Å². The number of aromatic nitrogens is 5. The second-order valence-electron chi connectivity index (χ2n) is 15.7. The quantitative estimate of drug-likeness (QED) is 0.176. The van der Waals surface area contributed by atoms with Gasteiger partial charge in [-0.2, -0.15) is 5.26 Å². The zero-order valence-corrected chi connectivity index (χ0v) is 33.4. The van der Waals surface area contributed by atoms with Crippen LogP contribution in [0.4, 0.5) is 0 Å². The highest BCUT2D eigenvalue weighted by Crippen LogP contribution is 2.42. The molecule has 0 aliphatic rings. The van der Waals surface area contributed by atoms with Gasteiger partial charge in [-0.15, -0.1) is 0 Å². The monoisotopic (exact) mass is 748 g/mol. The summed E-state index contributed by atoms with van der Waals surface area (Å²) in [4.78, 5) is 14.5. The van der Waals surface area contributed by atoms with Crippen molar-refractivity contribution in [1.29, 1.82) is 5.26 Å². The molecule has 0 saturated heterocycles. The minimum absolute atomic E-state index is 0.629. The van der Waals surface area contributed by atoms with E-state index < -0.39 is 0 Å². The van der Waals surface area contributed by atoms with E-state index >= 15 is 0 Å². The molecule has 10 aromatic rings. The highest BCUT2D eigenvalue weighted by atomic mass is 15.0. The van der Waals surface area contributed by atoms with Gasteiger partial charge in [0.2, 0.25) is 0 Å². The Labute approximate surface area is 337 Å². The summed E-state index contributed by atoms with van der Waals surface area (Å²) in [6.07, 6.45) is 0. The van der Waals surface area contributed by atoms with Crippen molar-refractivity contribution in [3.8, 4) is 51.1 Å². The van der Waals surface area contributed by atoms with E-state index in [-0.39, 0.29) is 0 Å². The van der Waals surface area contributed by atoms with Crippen LogP contribution in [-0.2, 0) is 0 Å². The van der Waals surface area contributed by atoms with Crippen molar-refractivity contribution in [3.63, 3.8) is 0 Å². The molecule has 58 heavy (non-hydrogen) atoms. The minimum Gasteiger partial charge on any atom is -0.309 e. The molecule has 7 aromatic carbocycles. The number of benzene rings is 7. The van der Waals surface area contributed by atoms with Crippen LogP contribution in [-0.4, -0.2) is 24.1 Å². The molecule has 0 saturated carbocycles. The summed E-state index contributed by atoms with van der Waals surface area (Å²) in [6, 6.07) is 50.4. The van der Waals surface area contributed by atoms with Gasteiger partial charge in [0, 0.05) is 32.7 Å². The van der Waals surface area contributed by atoms with Gasteiger partial charge in [0.15, 0.2) is 5.82 Å². The van der Waals surface area contributed by atoms with Crippen LogP contribution in [0.15, 0.2) is 133 Å². The smallest absolute Gasteiger partial charge is 0.165 e. The molecule has 0 aliphatic carbocycles. The fourth-order valence-electron chi connectivity index (χ4n) is 8.74. The molecule has 0 spiro atoms. The number of nitriles is 1. The maximum absolute atomic E-state index is 9.80. The third-order valence-corrected chi connectivity index (χ3v) is 11.4. The van der Waals surface area contributed by atoms with E-state index in [9.17, 15) is 5.26 Å². The Morgan fingerprint density at radius 1 is 0.414 bits per heavy atom. The molecule has 10 rings (SSSR count). The molecule has 0 aliphatic heterocycles. The van der Waals surface area contributed by atoms with Crippen LogP contribution in [0.5, 0.6) is 0 Å². The molecule has 0 atom stereocenters. The zero-order valence-electron chi connectivity index (χ0n) is 33.4. The summed E-state index contributed by atoms with van der Waals surface area (Å²) < 4.78 is 4.76. The summed E-state index contributed by atoms with van der Waals surface area (Å²) >= 11 is 0. The first-order valence-corrected chi connectivity index (χ1v) is 19.7. The lowest BCUT2D eigenvalue weighted by molar-refractivity contribution is 0.927. The van der Waals surface area contributed by atoms with Crippen molar-refractivity contribution in [2.45, 2.75) is 41.5 Å². The Hall–Kier alpha value is -7.36. The first-order valence-electron chi connectivity index (χ1n) is 19.7. The molecule has 3 aromatic heterocycles. The lowest BCUT2D eigenvalue weighted by atomic mass is 9.95. The van der Waals surface area contributed by atoms with Gasteiger partial charge in [0.1, 0.15) is 11.6 Å². The van der Waals surface area contributed by atoms with E-state index in [0.29, 0.717) is 23.0 Å². The van der Waals surface area contributed by atoms with E-state index in [4.69, 9.17) is 9.97 Å². The van der Waals surface area contributed by atoms with Crippen molar-refractivity contribution >= 4 is 43.6 Å². The summed E-state index contributed by atoms with van der Waals surface area (Å²) in [5.74, 6) is 1.98. The maximum atomic E-state index is 9.80. The highest BCUT2D eigenvalue weighted by molar-refractivity contribution is 6.11. The lowest BCUT2D eigenvalue weighted by Crippen LogP contribution is -2.04. The van der Waals surface area contributed by atoms with Crippen molar-refractivity contribution < 1.29 is 0 Å². The Morgan fingerprint density at radius 2 is 0.897 bits per heavy atom. The maximum Gasteiger partial charge on any atom is 0.165 e. The summed E-state index contributed by atoms with van der Waals surface area (Å²) in [5, 5.41) is 14.7. The second-order valence-corrected chi connectivity index (χ2v) is 15.7. The first-order chi connectivity index (χ1) is 28.1. The van der Waals surface area contributed by atoms with Crippen molar-refractivity contribution in [2.75, 3.05) is 0 Å². The average molecular weight is 749 g/mol. The van der Waals surface area contributed by atoms with Gasteiger partial charge in [0.05, 0.1) is 45.1 Å². The SMILES string of the molecule is Cc1ccc2c(c1)c1cc(C)ccc1n2-c1cc(-c2cccc(C#N)c2)ccc1-c1ccc(-n2c3ccc(C)cc3c3cc(C)ccc32)c(-c2nc(C)nc(C)n2)c1. The van der Waals surface area contributed by atoms with E-state index in [1.165, 1.54) is 43.8 Å². The van der Waals surface area contributed by atoms with E-state index in [1.54, 1.807) is 0 Å². The Bertz CT molecular complexity index is 3230. The van der Waals surface area contributed by atoms with Crippen molar-refractivity contribution in [2.24, 2.45) is 0 Å². The van der Waals surface area contributed by atoms with Gasteiger partial charge < -0.3 is 9.13 Å². The van der Waals surface area contributed by atoms with Crippen LogP contribution in [0.25, 0.3) is 88.6 Å². The fourth-order valence-corrected chi connectivity index (χ4v) is 8.74. The van der Waals surface area contributed by atoms with Crippen LogP contribution in [0.3, 0.4) is 0 Å². The van der Waals surface area contributed by atoms with Gasteiger partial charge >= 0.3 is 0 Å². The normalized spacial score (nSPS) is 11.6. The Kier molecular flexibility index (Phi) is 8.10. The van der Waals surface area contributed by atoms with Gasteiger partial charge in [-0.3, -0.25) is 0 Å². The molecule has 0 unspecified atom stereocenters. The molecule has 0 fully saturated rings. The van der Waals surface area contributed by atoms with Crippen molar-refractivity contribution in [3.05, 3.63) is 173 Å². The molecule has 0 amide bonds. The van der Waals surface area contributed by atoms with Crippen LogP contribution < -0.4 is 0 Å². The standard InChI is InChI=1S/C52H40N6/c1-30-10-17-46-41(22-30)42-23-31(2)11-18-47(42)57(46)50-21-15-39(27-45(50)52-55-34(5)54-35(6)56-52)40-16-14-38(37-9-7-8-36(26-37)29-53)28-51(40)58-48-19-12-32(3)24-43(48)44-25-33(4)13-20-49(44)58/h7-28H,1-6H3. The first kappa shape index (κ1) is 35.1. The Morgan fingerprint density at radius 3 is 1.41 bits per heavy atom. The number of nitrogens with zero attached hydrogens (tertiary/aromatic N) is 6. The van der Waals surface area contributed by atoms with Crippen LogP contribution in [0.1, 0.15) is 39.5 Å². The molecule has 3 heterocycles. The molecular weight excluding hydrogens is 709 g/mol. The van der Waals surface area contributed by atoms with Crippen LogP contribution >= 0.6 is 0 Å². The van der Waals surface area contributed by atoms with Crippen LogP contribution in [0, 0.1) is 52.9 Å². The molecule has 6 nitrogen and oxygen atoms in total. The molecule has 6 heteroatoms. The largest absolute Gasteiger partial charge is 0.309 e. The summed E-state index contributed by atoms with van der Waals surface area (Å²) in [6.45, 7) is 12.5. The molecule has 0 radical (unpaired) electrons. The number of hydrogen-bond acceptors (Lipinski definition) is 4. The zero-order chi connectivity index (χ0) is 39.8. The van der Waals surface area contributed by atoms with Crippen molar-refractivity contribution in [1.82, 2.24) is 24.1 Å². The molecule has 0 bridgehead atoms. The average Bonchev–Trinajstić information content (AvgIpc) is 3.70. The number of aryl methyl sites for hydroxylation is 6. The van der Waals surface area contributed by atoms with Gasteiger partial charge in [0.25, 0.3) is 0 Å². The molecule has 278 valence electrons. The second kappa shape index (κ2) is 13.4. The predicted molar refractivity (Wildman–Crippen MR) is 238 cm³/mol. The topological polar surface area (TPSA) is 72.3 Å². The minimum atomic E-state index is 0.629. The number of hydrogen-bond donors (Lipinski definition) is 0. The number of rotatable bonds is 5. The third-order valence-electron chi connectivity index (χ3n) is 11.4. The fraction of sp³-hybridized carbons (Fsp3) is 0.115. The van der Waals surface area contributed by atoms with E-state index in [1.807, 2.05) is 32.0 Å². The summed E-state index contributed by atoms with van der Waals surface area (Å²) in [7, 11) is 0. The lowest BCUT2D eigenvalue weighted by Gasteiger charge is -2.19. The predicted octanol–water partition coefficient (Wildman–Crippen LogP) is 12.8. The highest BCUT2D eigenvalue weighted by Gasteiger charge is 2.22. The van der Waals surface area contributed by atoms with Gasteiger partial charge in [-0.05, 0) is 137 Å². The third kappa shape index (κ3) is 5.74. The summed E-state index contributed by atoms with van der Waals surface area (Å²) in [5.41, 5.74) is 17.1. The van der Waals surface area contributed by atoms with E-state index in [2.05, 4.69) is 163 Å². The number of fused-ring (bicyclic) bond motifs is 6. The van der Waals surface area contributed by atoms with Gasteiger partial charge in [-0.1, -0.05) is 76.9 Å². The van der Waals surface area contributed by atoms with Gasteiger partial charge in [-0.25, -0.2) is 15.0 Å².